The lowest BCUT2D eigenvalue weighted by atomic mass is 9.98. The Morgan fingerprint density at radius 3 is 2.67 bits per heavy atom. The smallest absolute Gasteiger partial charge is 0.161 e. The molecule has 1 fully saturated rings. The third-order valence-electron chi connectivity index (χ3n) is 3.47. The second-order valence-corrected chi connectivity index (χ2v) is 5.46. The molecule has 5 heteroatoms. The molecule has 0 saturated heterocycles. The van der Waals surface area contributed by atoms with Crippen molar-refractivity contribution >= 4 is 21.6 Å². The number of hydrogen-bond acceptors (Lipinski definition) is 3. The van der Waals surface area contributed by atoms with Gasteiger partial charge in [0, 0.05) is 0 Å². The summed E-state index contributed by atoms with van der Waals surface area (Å²) in [5, 5.41) is 21.4. The zero-order valence-corrected chi connectivity index (χ0v) is 11.4. The van der Waals surface area contributed by atoms with E-state index in [0.717, 1.165) is 25.7 Å². The topological polar surface area (TPSA) is 56.0 Å². The highest BCUT2D eigenvalue weighted by atomic mass is 79.9. The van der Waals surface area contributed by atoms with Crippen molar-refractivity contribution in [3.63, 3.8) is 0 Å². The van der Waals surface area contributed by atoms with Crippen LogP contribution < -0.4 is 5.32 Å². The van der Waals surface area contributed by atoms with Crippen LogP contribution in [0.1, 0.15) is 31.2 Å². The van der Waals surface area contributed by atoms with Crippen LogP contribution in [0.15, 0.2) is 16.6 Å². The maximum Gasteiger partial charge on any atom is 0.161 e. The highest BCUT2D eigenvalue weighted by molar-refractivity contribution is 9.10. The Kier molecular flexibility index (Phi) is 3.88. The number of aliphatic hydroxyl groups is 1. The van der Waals surface area contributed by atoms with Gasteiger partial charge in [-0.25, -0.2) is 4.39 Å². The molecule has 0 heterocycles. The molecule has 0 unspecified atom stereocenters. The van der Waals surface area contributed by atoms with Gasteiger partial charge < -0.3 is 10.4 Å². The Labute approximate surface area is 114 Å². The number of benzene rings is 1. The number of nitrogens with zero attached hydrogens (tertiary/aromatic N) is 1. The second-order valence-electron chi connectivity index (χ2n) is 4.67. The monoisotopic (exact) mass is 312 g/mol. The van der Waals surface area contributed by atoms with Crippen LogP contribution in [0, 0.1) is 17.1 Å². The Hall–Kier alpha value is -1.12. The Bertz CT molecular complexity index is 492. The fourth-order valence-electron chi connectivity index (χ4n) is 2.39. The van der Waals surface area contributed by atoms with Crippen LogP contribution in [0.5, 0.6) is 0 Å². The van der Waals surface area contributed by atoms with E-state index < -0.39 is 11.4 Å². The molecule has 0 bridgehead atoms. The van der Waals surface area contributed by atoms with Crippen molar-refractivity contribution in [2.45, 2.75) is 31.2 Å². The lowest BCUT2D eigenvalue weighted by Gasteiger charge is -2.29. The first-order valence-electron chi connectivity index (χ1n) is 5.89. The highest BCUT2D eigenvalue weighted by Gasteiger charge is 2.33. The number of nitriles is 1. The summed E-state index contributed by atoms with van der Waals surface area (Å²) < 4.78 is 14.2. The summed E-state index contributed by atoms with van der Waals surface area (Å²) >= 11 is 3.08. The summed E-state index contributed by atoms with van der Waals surface area (Å²) in [6, 6.07) is 5.03. The third-order valence-corrected chi connectivity index (χ3v) is 4.24. The molecule has 0 spiro atoms. The average Bonchev–Trinajstić information content (AvgIpc) is 2.85. The first kappa shape index (κ1) is 13.3. The van der Waals surface area contributed by atoms with E-state index in [0.29, 0.717) is 5.69 Å². The molecule has 0 aliphatic heterocycles. The number of halogens is 2. The molecule has 0 radical (unpaired) electrons. The van der Waals surface area contributed by atoms with E-state index in [1.165, 1.54) is 0 Å². The molecule has 1 aliphatic rings. The average molecular weight is 313 g/mol. The van der Waals surface area contributed by atoms with Gasteiger partial charge in [0.1, 0.15) is 6.07 Å². The second kappa shape index (κ2) is 5.25. The first-order chi connectivity index (χ1) is 8.62. The Morgan fingerprint density at radius 2 is 2.11 bits per heavy atom. The van der Waals surface area contributed by atoms with Crippen molar-refractivity contribution in [1.29, 1.82) is 5.26 Å². The van der Waals surface area contributed by atoms with E-state index in [2.05, 4.69) is 21.2 Å². The van der Waals surface area contributed by atoms with Crippen LogP contribution in [-0.4, -0.2) is 17.3 Å². The zero-order valence-electron chi connectivity index (χ0n) is 9.84. The van der Waals surface area contributed by atoms with E-state index in [1.54, 1.807) is 12.1 Å². The maximum atomic E-state index is 14.1. The van der Waals surface area contributed by atoms with Crippen LogP contribution in [0.3, 0.4) is 0 Å². The van der Waals surface area contributed by atoms with Crippen molar-refractivity contribution in [2.75, 3.05) is 11.9 Å². The van der Waals surface area contributed by atoms with Crippen LogP contribution in [0.4, 0.5) is 10.1 Å². The van der Waals surface area contributed by atoms with Gasteiger partial charge in [-0.2, -0.15) is 5.26 Å². The molecule has 3 nitrogen and oxygen atoms in total. The molecule has 0 aromatic heterocycles. The lowest BCUT2D eigenvalue weighted by molar-refractivity contribution is 0.214. The lowest BCUT2D eigenvalue weighted by Crippen LogP contribution is -2.39. The van der Waals surface area contributed by atoms with Gasteiger partial charge in [0.25, 0.3) is 0 Å². The van der Waals surface area contributed by atoms with Gasteiger partial charge in [-0.15, -0.1) is 0 Å². The molecule has 2 N–H and O–H groups in total. The third kappa shape index (κ3) is 2.36. The van der Waals surface area contributed by atoms with Gasteiger partial charge in [0.15, 0.2) is 5.82 Å². The van der Waals surface area contributed by atoms with E-state index in [1.807, 2.05) is 6.07 Å². The van der Waals surface area contributed by atoms with Gasteiger partial charge in [-0.3, -0.25) is 0 Å². The van der Waals surface area contributed by atoms with E-state index in [4.69, 9.17) is 5.26 Å². The normalized spacial score (nSPS) is 17.4. The number of rotatable bonds is 3. The number of nitrogens with one attached hydrogen (secondary N) is 1. The Balaban J connectivity index is 2.30. The molecule has 1 aromatic rings. The van der Waals surface area contributed by atoms with Crippen molar-refractivity contribution in [1.82, 2.24) is 0 Å². The molecular formula is C13H14BrFN2O. The van der Waals surface area contributed by atoms with Crippen molar-refractivity contribution in [2.24, 2.45) is 0 Å². The predicted octanol–water partition coefficient (Wildman–Crippen LogP) is 3.18. The molecule has 1 aromatic carbocycles. The fourth-order valence-corrected chi connectivity index (χ4v) is 2.83. The number of aliphatic hydroxyl groups excluding tert-OH is 1. The minimum Gasteiger partial charge on any atom is -0.394 e. The van der Waals surface area contributed by atoms with Crippen LogP contribution in [0.25, 0.3) is 0 Å². The standard InChI is InChI=1S/C13H14BrFN2O/c14-11-9(7-16)3-4-10(12(11)15)17-13(8-18)5-1-2-6-13/h3-4,17-18H,1-2,5-6,8H2. The molecule has 2 rings (SSSR count). The van der Waals surface area contributed by atoms with Gasteiger partial charge >= 0.3 is 0 Å². The summed E-state index contributed by atoms with van der Waals surface area (Å²) in [5.74, 6) is -0.478. The summed E-state index contributed by atoms with van der Waals surface area (Å²) in [6.45, 7) is -0.00986. The summed E-state index contributed by atoms with van der Waals surface area (Å²) in [4.78, 5) is 0. The summed E-state index contributed by atoms with van der Waals surface area (Å²) in [5.41, 5.74) is 0.174. The minimum absolute atomic E-state index is 0.00986. The SMILES string of the molecule is N#Cc1ccc(NC2(CO)CCCC2)c(F)c1Br. The number of anilines is 1. The van der Waals surface area contributed by atoms with Gasteiger partial charge in [0.05, 0.1) is 27.9 Å². The zero-order chi connectivity index (χ0) is 13.2. The number of hydrogen-bond donors (Lipinski definition) is 2. The Morgan fingerprint density at radius 1 is 1.44 bits per heavy atom. The summed E-state index contributed by atoms with van der Waals surface area (Å²) in [7, 11) is 0. The first-order valence-corrected chi connectivity index (χ1v) is 6.68. The molecule has 0 atom stereocenters. The minimum atomic E-state index is -0.478. The largest absolute Gasteiger partial charge is 0.394 e. The highest BCUT2D eigenvalue weighted by Crippen LogP contribution is 2.35. The molecular weight excluding hydrogens is 299 g/mol. The maximum absolute atomic E-state index is 14.1. The van der Waals surface area contributed by atoms with Gasteiger partial charge in [-0.1, -0.05) is 12.8 Å². The molecule has 0 amide bonds. The van der Waals surface area contributed by atoms with E-state index in [9.17, 15) is 9.50 Å². The molecule has 18 heavy (non-hydrogen) atoms. The summed E-state index contributed by atoms with van der Waals surface area (Å²) in [6.07, 6.45) is 3.74. The van der Waals surface area contributed by atoms with E-state index in [-0.39, 0.29) is 16.6 Å². The molecule has 1 aliphatic carbocycles. The van der Waals surface area contributed by atoms with Gasteiger partial charge in [0.2, 0.25) is 0 Å². The molecule has 1 saturated carbocycles. The van der Waals surface area contributed by atoms with Crippen molar-refractivity contribution < 1.29 is 9.50 Å². The predicted molar refractivity (Wildman–Crippen MR) is 70.7 cm³/mol. The van der Waals surface area contributed by atoms with Gasteiger partial charge in [-0.05, 0) is 40.9 Å². The van der Waals surface area contributed by atoms with E-state index >= 15 is 0 Å². The van der Waals surface area contributed by atoms with Crippen molar-refractivity contribution in [3.05, 3.63) is 28.0 Å². The van der Waals surface area contributed by atoms with Crippen LogP contribution >= 0.6 is 15.9 Å². The molecule has 96 valence electrons. The van der Waals surface area contributed by atoms with Crippen LogP contribution in [-0.2, 0) is 0 Å². The fraction of sp³-hybridized carbons (Fsp3) is 0.462. The van der Waals surface area contributed by atoms with Crippen LogP contribution in [0.2, 0.25) is 0 Å². The quantitative estimate of drug-likeness (QED) is 0.901. The van der Waals surface area contributed by atoms with Crippen molar-refractivity contribution in [3.8, 4) is 6.07 Å².